The molecule has 6 aromatic carbocycles. The molecule has 0 fully saturated rings. The van der Waals surface area contributed by atoms with Gasteiger partial charge in [-0.1, -0.05) is 131 Å². The maximum atomic E-state index is 4.64. The molecular formula is C50H44N2. The maximum absolute atomic E-state index is 4.64. The fraction of sp³-hybridized carbons (Fsp3) is 0.180. The summed E-state index contributed by atoms with van der Waals surface area (Å²) < 4.78 is 2.50. The third-order valence-electron chi connectivity index (χ3n) is 11.2. The number of aromatic nitrogens is 2. The van der Waals surface area contributed by atoms with Gasteiger partial charge in [-0.25, -0.2) is 0 Å². The van der Waals surface area contributed by atoms with Gasteiger partial charge in [-0.15, -0.1) is 0 Å². The van der Waals surface area contributed by atoms with E-state index in [1.165, 1.54) is 88.0 Å². The van der Waals surface area contributed by atoms with Crippen LogP contribution >= 0.6 is 0 Å². The van der Waals surface area contributed by atoms with E-state index in [9.17, 15) is 0 Å². The number of hydrogen-bond donors (Lipinski definition) is 0. The van der Waals surface area contributed by atoms with Gasteiger partial charge >= 0.3 is 0 Å². The average Bonchev–Trinajstić information content (AvgIpc) is 3.51. The normalized spacial score (nSPS) is 14.4. The largest absolute Gasteiger partial charge is 0.313 e. The van der Waals surface area contributed by atoms with Gasteiger partial charge in [0.25, 0.3) is 0 Å². The highest BCUT2D eigenvalue weighted by Crippen LogP contribution is 2.45. The van der Waals surface area contributed by atoms with Crippen LogP contribution in [-0.2, 0) is 11.8 Å². The Balaban J connectivity index is 1.29. The van der Waals surface area contributed by atoms with Crippen molar-refractivity contribution in [3.05, 3.63) is 168 Å². The van der Waals surface area contributed by atoms with E-state index in [0.717, 1.165) is 18.5 Å². The van der Waals surface area contributed by atoms with E-state index < -0.39 is 0 Å². The Bertz CT molecular complexity index is 2710. The zero-order valence-electron chi connectivity index (χ0n) is 30.7. The molecule has 9 rings (SSSR count). The van der Waals surface area contributed by atoms with Crippen LogP contribution in [0.5, 0.6) is 0 Å². The van der Waals surface area contributed by atoms with Gasteiger partial charge in [0.05, 0.1) is 5.52 Å². The smallest absolute Gasteiger partial charge is 0.0537 e. The first-order valence-corrected chi connectivity index (χ1v) is 18.7. The van der Waals surface area contributed by atoms with Crippen molar-refractivity contribution in [3.63, 3.8) is 0 Å². The highest BCUT2D eigenvalue weighted by atomic mass is 15.0. The molecule has 2 heteroatoms. The molecule has 0 bridgehead atoms. The molecule has 0 aliphatic heterocycles. The molecule has 0 radical (unpaired) electrons. The lowest BCUT2D eigenvalue weighted by Crippen LogP contribution is -2.10. The average molecular weight is 673 g/mol. The number of nitrogens with zero attached hydrogens (tertiary/aromatic N) is 2. The molecule has 1 unspecified atom stereocenters. The molecule has 0 saturated carbocycles. The van der Waals surface area contributed by atoms with Crippen molar-refractivity contribution in [1.29, 1.82) is 0 Å². The summed E-state index contributed by atoms with van der Waals surface area (Å²) in [5.74, 6) is 0.195. The zero-order chi connectivity index (χ0) is 35.6. The van der Waals surface area contributed by atoms with Gasteiger partial charge in [0.2, 0.25) is 0 Å². The molecule has 8 aromatic rings. The summed E-state index contributed by atoms with van der Waals surface area (Å²) in [6, 6.07) is 40.9. The summed E-state index contributed by atoms with van der Waals surface area (Å²) in [7, 11) is 0. The SMILES string of the molecule is C/C=C(\C=C/C(C)c1ccccn1)c1cc(-c2cccc(-n3c4c(c5ccccc53)C=CCC4)c2)c2ccc3cc(C(C)(C)C)cc4ccc1c2c43. The standard InChI is InChI=1S/C50H44N2/c1-6-33(22-21-32(2)45-18-11-12-27-51-45)43-31-44(42-26-24-36-29-37(50(3,4)5)28-35-23-25-41(43)49(42)48(35)36)34-14-13-15-38(30-34)52-46-19-9-7-16-39(46)40-17-8-10-20-47(40)52/h6-9,11-19,21-32H,10,20H2,1-5H3/b22-21-,33-6+. The summed E-state index contributed by atoms with van der Waals surface area (Å²) in [6.45, 7) is 11.3. The molecule has 0 N–H and O–H groups in total. The molecule has 2 nitrogen and oxygen atoms in total. The first kappa shape index (κ1) is 32.2. The Hall–Kier alpha value is -5.73. The van der Waals surface area contributed by atoms with Gasteiger partial charge in [-0.2, -0.15) is 0 Å². The minimum absolute atomic E-state index is 0.0616. The quantitative estimate of drug-likeness (QED) is 0.127. The van der Waals surface area contributed by atoms with Crippen molar-refractivity contribution in [2.45, 2.75) is 58.8 Å². The highest BCUT2D eigenvalue weighted by molar-refractivity contribution is 6.27. The summed E-state index contributed by atoms with van der Waals surface area (Å²) in [5.41, 5.74) is 12.7. The van der Waals surface area contributed by atoms with E-state index in [-0.39, 0.29) is 11.3 Å². The summed E-state index contributed by atoms with van der Waals surface area (Å²) >= 11 is 0. The van der Waals surface area contributed by atoms with E-state index in [4.69, 9.17) is 0 Å². The van der Waals surface area contributed by atoms with Gasteiger partial charge in [-0.05, 0) is 122 Å². The summed E-state index contributed by atoms with van der Waals surface area (Å²) in [6.07, 6.45) is 15.5. The minimum Gasteiger partial charge on any atom is -0.313 e. The highest BCUT2D eigenvalue weighted by Gasteiger charge is 2.22. The molecule has 0 spiro atoms. The lowest BCUT2D eigenvalue weighted by Gasteiger charge is -2.23. The van der Waals surface area contributed by atoms with Crippen LogP contribution in [0, 0.1) is 0 Å². The van der Waals surface area contributed by atoms with Crippen LogP contribution in [-0.4, -0.2) is 9.55 Å². The van der Waals surface area contributed by atoms with Crippen molar-refractivity contribution < 1.29 is 0 Å². The first-order valence-electron chi connectivity index (χ1n) is 18.7. The molecule has 0 saturated heterocycles. The number of pyridine rings is 1. The Morgan fingerprint density at radius 2 is 1.58 bits per heavy atom. The van der Waals surface area contributed by atoms with E-state index in [1.54, 1.807) is 0 Å². The second-order valence-electron chi connectivity index (χ2n) is 15.5. The molecule has 52 heavy (non-hydrogen) atoms. The number of benzene rings is 6. The van der Waals surface area contributed by atoms with Crippen LogP contribution in [0.4, 0.5) is 0 Å². The molecule has 2 aromatic heterocycles. The molecule has 1 aliphatic rings. The lowest BCUT2D eigenvalue weighted by atomic mass is 9.81. The predicted octanol–water partition coefficient (Wildman–Crippen LogP) is 13.6. The first-order chi connectivity index (χ1) is 25.3. The van der Waals surface area contributed by atoms with Crippen molar-refractivity contribution in [2.24, 2.45) is 0 Å². The third-order valence-corrected chi connectivity index (χ3v) is 11.2. The predicted molar refractivity (Wildman–Crippen MR) is 224 cm³/mol. The molecule has 0 amide bonds. The van der Waals surface area contributed by atoms with Crippen LogP contribution in [0.2, 0.25) is 0 Å². The molecule has 1 aliphatic carbocycles. The lowest BCUT2D eigenvalue weighted by molar-refractivity contribution is 0.591. The topological polar surface area (TPSA) is 17.8 Å². The second-order valence-corrected chi connectivity index (χ2v) is 15.5. The zero-order valence-corrected chi connectivity index (χ0v) is 30.7. The maximum Gasteiger partial charge on any atom is 0.0537 e. The van der Waals surface area contributed by atoms with E-state index in [1.807, 2.05) is 12.3 Å². The number of allylic oxidation sites excluding steroid dienone is 5. The van der Waals surface area contributed by atoms with Crippen LogP contribution < -0.4 is 0 Å². The summed E-state index contributed by atoms with van der Waals surface area (Å²) in [4.78, 5) is 4.64. The van der Waals surface area contributed by atoms with Gasteiger partial charge in [0, 0.05) is 40.1 Å². The number of fused-ring (bicyclic) bond motifs is 3. The minimum atomic E-state index is 0.0616. The number of hydrogen-bond acceptors (Lipinski definition) is 1. The van der Waals surface area contributed by atoms with Crippen molar-refractivity contribution in [3.8, 4) is 16.8 Å². The summed E-state index contributed by atoms with van der Waals surface area (Å²) in [5, 5.41) is 9.20. The number of rotatable bonds is 6. The van der Waals surface area contributed by atoms with Gasteiger partial charge < -0.3 is 4.57 Å². The Kier molecular flexibility index (Phi) is 7.74. The molecule has 254 valence electrons. The van der Waals surface area contributed by atoms with Crippen molar-refractivity contribution in [2.75, 3.05) is 0 Å². The fourth-order valence-corrected chi connectivity index (χ4v) is 8.44. The number of para-hydroxylation sites is 1. The van der Waals surface area contributed by atoms with Crippen LogP contribution in [0.3, 0.4) is 0 Å². The molecule has 1 atom stereocenters. The molecular weight excluding hydrogens is 629 g/mol. The van der Waals surface area contributed by atoms with Gasteiger partial charge in [-0.3, -0.25) is 4.98 Å². The second kappa shape index (κ2) is 12.5. The van der Waals surface area contributed by atoms with Crippen LogP contribution in [0.25, 0.3) is 71.7 Å². The van der Waals surface area contributed by atoms with Crippen molar-refractivity contribution >= 4 is 54.9 Å². The van der Waals surface area contributed by atoms with Crippen LogP contribution in [0.1, 0.15) is 75.0 Å². The third kappa shape index (κ3) is 5.28. The van der Waals surface area contributed by atoms with Gasteiger partial charge in [0.15, 0.2) is 0 Å². The molecule has 2 heterocycles. The van der Waals surface area contributed by atoms with Crippen molar-refractivity contribution in [1.82, 2.24) is 9.55 Å². The fourth-order valence-electron chi connectivity index (χ4n) is 8.44. The van der Waals surface area contributed by atoms with E-state index >= 15 is 0 Å². The monoisotopic (exact) mass is 672 g/mol. The van der Waals surface area contributed by atoms with E-state index in [2.05, 4.69) is 178 Å². The Labute approximate surface area is 306 Å². The Morgan fingerprint density at radius 3 is 2.35 bits per heavy atom. The van der Waals surface area contributed by atoms with Crippen LogP contribution in [0.15, 0.2) is 140 Å². The van der Waals surface area contributed by atoms with E-state index in [0.29, 0.717) is 0 Å². The Morgan fingerprint density at radius 1 is 0.788 bits per heavy atom. The van der Waals surface area contributed by atoms with Gasteiger partial charge in [0.1, 0.15) is 0 Å².